The molecule has 2 rings (SSSR count). The van der Waals surface area contributed by atoms with Crippen molar-refractivity contribution in [2.75, 3.05) is 45.2 Å². The first-order chi connectivity index (χ1) is 13.3. The lowest BCUT2D eigenvalue weighted by Gasteiger charge is -2.36. The first-order valence-electron chi connectivity index (χ1n) is 8.58. The fraction of sp³-hybridized carbons (Fsp3) is 0.368. The lowest BCUT2D eigenvalue weighted by Crippen LogP contribution is -2.49. The summed E-state index contributed by atoms with van der Waals surface area (Å²) < 4.78 is 42.7. The summed E-state index contributed by atoms with van der Waals surface area (Å²) >= 11 is 0. The molecule has 0 atom stereocenters. The zero-order valence-electron chi connectivity index (χ0n) is 15.4. The Morgan fingerprint density at radius 1 is 1.21 bits per heavy atom. The minimum Gasteiger partial charge on any atom is -0.381 e. The van der Waals surface area contributed by atoms with Crippen molar-refractivity contribution in [2.24, 2.45) is 0 Å². The highest BCUT2D eigenvalue weighted by molar-refractivity contribution is 5.89. The van der Waals surface area contributed by atoms with Crippen LogP contribution in [0, 0.1) is 11.3 Å². The number of halogens is 3. The number of nitrogens with one attached hydrogen (secondary N) is 1. The van der Waals surface area contributed by atoms with Crippen LogP contribution in [0.5, 0.6) is 0 Å². The number of benzene rings is 1. The summed E-state index contributed by atoms with van der Waals surface area (Å²) in [5.41, 5.74) is 0.271. The number of hydrogen-bond donors (Lipinski definition) is 1. The molecule has 1 aliphatic rings. The molecule has 1 fully saturated rings. The van der Waals surface area contributed by atoms with Gasteiger partial charge in [0.25, 0.3) is 0 Å². The summed E-state index contributed by atoms with van der Waals surface area (Å²) in [5, 5.41) is 11.5. The van der Waals surface area contributed by atoms with Gasteiger partial charge in [0.1, 0.15) is 0 Å². The lowest BCUT2D eigenvalue weighted by molar-refractivity contribution is -0.137. The van der Waals surface area contributed by atoms with Crippen LogP contribution in [0.25, 0.3) is 0 Å². The van der Waals surface area contributed by atoms with Crippen LogP contribution in [-0.4, -0.2) is 55.7 Å². The van der Waals surface area contributed by atoms with Gasteiger partial charge in [-0.1, -0.05) is 6.08 Å². The Bertz CT molecular complexity index is 759. The Morgan fingerprint density at radius 2 is 1.82 bits per heavy atom. The molecule has 1 aliphatic heterocycles. The fourth-order valence-electron chi connectivity index (χ4n) is 2.69. The molecule has 0 saturated carbocycles. The van der Waals surface area contributed by atoms with Gasteiger partial charge in [-0.2, -0.15) is 18.4 Å². The Balaban J connectivity index is 1.91. The van der Waals surface area contributed by atoms with Crippen LogP contribution in [0.2, 0.25) is 0 Å². The lowest BCUT2D eigenvalue weighted by atomic mass is 10.2. The minimum atomic E-state index is -4.41. The molecule has 0 bridgehead atoms. The number of alkyl halides is 3. The first-order valence-corrected chi connectivity index (χ1v) is 8.58. The van der Waals surface area contributed by atoms with Gasteiger partial charge >= 0.3 is 12.2 Å². The molecule has 9 heteroatoms. The molecule has 0 aromatic heterocycles. The molecule has 1 aromatic carbocycles. The zero-order chi connectivity index (χ0) is 20.6. The number of anilines is 1. The summed E-state index contributed by atoms with van der Waals surface area (Å²) in [6, 6.07) is 5.94. The normalized spacial score (nSPS) is 15.6. The molecule has 1 heterocycles. The van der Waals surface area contributed by atoms with Crippen molar-refractivity contribution in [3.05, 3.63) is 53.8 Å². The highest BCUT2D eigenvalue weighted by Gasteiger charge is 2.30. The van der Waals surface area contributed by atoms with Crippen molar-refractivity contribution in [3.63, 3.8) is 0 Å². The number of nitrogens with zero attached hydrogens (tertiary/aromatic N) is 3. The van der Waals surface area contributed by atoms with Gasteiger partial charge in [0.15, 0.2) is 0 Å². The van der Waals surface area contributed by atoms with Crippen molar-refractivity contribution in [2.45, 2.75) is 6.18 Å². The van der Waals surface area contributed by atoms with Crippen molar-refractivity contribution in [1.82, 2.24) is 9.80 Å². The number of rotatable bonds is 5. The Labute approximate surface area is 161 Å². The molecular weight excluding hydrogens is 373 g/mol. The molecule has 6 nitrogen and oxygen atoms in total. The van der Waals surface area contributed by atoms with Crippen molar-refractivity contribution in [3.8, 4) is 6.07 Å². The number of piperazine rings is 1. The van der Waals surface area contributed by atoms with Crippen LogP contribution >= 0.6 is 0 Å². The molecule has 1 saturated heterocycles. The number of nitriles is 1. The predicted molar refractivity (Wildman–Crippen MR) is 98.3 cm³/mol. The molecule has 0 unspecified atom stereocenters. The maximum atomic E-state index is 12.6. The Morgan fingerprint density at radius 3 is 2.36 bits per heavy atom. The standard InChI is InChI=1S/C19H21F3N4O2/c1-28-14-2-3-17(8-9-23)25-10-12-26(13-11-25)18(27)24-16-6-4-15(5-7-16)19(20,21)22/h2-8H,10-14H2,1H3,(H,24,27)/b3-2+,17-8-. The summed E-state index contributed by atoms with van der Waals surface area (Å²) in [6.07, 6.45) is 0.618. The molecule has 1 aromatic rings. The first kappa shape index (κ1) is 21.3. The molecular formula is C19H21F3N4O2. The average molecular weight is 394 g/mol. The van der Waals surface area contributed by atoms with Crippen LogP contribution in [-0.2, 0) is 10.9 Å². The van der Waals surface area contributed by atoms with Crippen LogP contribution in [0.3, 0.4) is 0 Å². The molecule has 0 aliphatic carbocycles. The summed E-state index contributed by atoms with van der Waals surface area (Å²) in [4.78, 5) is 15.9. The second-order valence-corrected chi connectivity index (χ2v) is 6.04. The average Bonchev–Trinajstić information content (AvgIpc) is 2.67. The quantitative estimate of drug-likeness (QED) is 0.613. The molecule has 0 spiro atoms. The smallest absolute Gasteiger partial charge is 0.381 e. The van der Waals surface area contributed by atoms with Crippen molar-refractivity contribution < 1.29 is 22.7 Å². The van der Waals surface area contributed by atoms with Gasteiger partial charge < -0.3 is 19.9 Å². The molecule has 2 amide bonds. The van der Waals surface area contributed by atoms with Crippen molar-refractivity contribution >= 4 is 11.7 Å². The topological polar surface area (TPSA) is 68.6 Å². The highest BCUT2D eigenvalue weighted by Crippen LogP contribution is 2.29. The summed E-state index contributed by atoms with van der Waals surface area (Å²) in [7, 11) is 1.58. The van der Waals surface area contributed by atoms with Gasteiger partial charge in [0.05, 0.1) is 18.2 Å². The fourth-order valence-corrected chi connectivity index (χ4v) is 2.69. The van der Waals surface area contributed by atoms with E-state index >= 15 is 0 Å². The molecule has 28 heavy (non-hydrogen) atoms. The van der Waals surface area contributed by atoms with Gasteiger partial charge in [-0.3, -0.25) is 0 Å². The Kier molecular flexibility index (Phi) is 7.46. The van der Waals surface area contributed by atoms with E-state index in [1.807, 2.05) is 11.0 Å². The molecule has 150 valence electrons. The van der Waals surface area contributed by atoms with E-state index < -0.39 is 11.7 Å². The zero-order valence-corrected chi connectivity index (χ0v) is 15.4. The number of carbonyl (C=O) groups excluding carboxylic acids is 1. The van der Waals surface area contributed by atoms with Crippen LogP contribution < -0.4 is 5.32 Å². The van der Waals surface area contributed by atoms with Gasteiger partial charge in [-0.15, -0.1) is 0 Å². The maximum absolute atomic E-state index is 12.6. The number of hydrogen-bond acceptors (Lipinski definition) is 4. The van der Waals surface area contributed by atoms with Gasteiger partial charge in [0.2, 0.25) is 0 Å². The van der Waals surface area contributed by atoms with Gasteiger partial charge in [0, 0.05) is 50.7 Å². The van der Waals surface area contributed by atoms with Crippen LogP contribution in [0.4, 0.5) is 23.7 Å². The number of ether oxygens (including phenoxy) is 1. The van der Waals surface area contributed by atoms with E-state index in [9.17, 15) is 18.0 Å². The Hall–Kier alpha value is -2.99. The number of urea groups is 1. The van der Waals surface area contributed by atoms with Crippen LogP contribution in [0.15, 0.2) is 48.2 Å². The van der Waals surface area contributed by atoms with E-state index in [4.69, 9.17) is 10.00 Å². The second-order valence-electron chi connectivity index (χ2n) is 6.04. The predicted octanol–water partition coefficient (Wildman–Crippen LogP) is 3.46. The monoisotopic (exact) mass is 394 g/mol. The number of allylic oxidation sites excluding steroid dienone is 2. The van der Waals surface area contributed by atoms with E-state index in [-0.39, 0.29) is 6.03 Å². The largest absolute Gasteiger partial charge is 0.416 e. The third-order valence-electron chi connectivity index (χ3n) is 4.16. The molecule has 0 radical (unpaired) electrons. The van der Waals surface area contributed by atoms with E-state index in [1.165, 1.54) is 18.2 Å². The van der Waals surface area contributed by atoms with E-state index in [0.717, 1.165) is 17.8 Å². The number of carbonyl (C=O) groups is 1. The van der Waals surface area contributed by atoms with Crippen LogP contribution in [0.1, 0.15) is 5.56 Å². The SMILES string of the molecule is COC/C=C/C(=C/C#N)N1CCN(C(=O)Nc2ccc(C(F)(F)F)cc2)CC1. The third-order valence-corrected chi connectivity index (χ3v) is 4.16. The number of amides is 2. The summed E-state index contributed by atoms with van der Waals surface area (Å²) in [5.74, 6) is 0. The third kappa shape index (κ3) is 6.03. The summed E-state index contributed by atoms with van der Waals surface area (Å²) in [6.45, 7) is 2.34. The van der Waals surface area contributed by atoms with E-state index in [2.05, 4.69) is 5.32 Å². The number of methoxy groups -OCH3 is 1. The van der Waals surface area contributed by atoms with Gasteiger partial charge in [-0.25, -0.2) is 4.79 Å². The van der Waals surface area contributed by atoms with E-state index in [0.29, 0.717) is 38.5 Å². The maximum Gasteiger partial charge on any atom is 0.416 e. The minimum absolute atomic E-state index is 0.299. The second kappa shape index (κ2) is 9.80. The van der Waals surface area contributed by atoms with Crippen molar-refractivity contribution in [1.29, 1.82) is 5.26 Å². The van der Waals surface area contributed by atoms with Gasteiger partial charge in [-0.05, 0) is 30.3 Å². The molecule has 1 N–H and O–H groups in total. The highest BCUT2D eigenvalue weighted by atomic mass is 19.4. The van der Waals surface area contributed by atoms with E-state index in [1.54, 1.807) is 24.2 Å².